The van der Waals surface area contributed by atoms with Crippen LogP contribution in [0.3, 0.4) is 0 Å². The summed E-state index contributed by atoms with van der Waals surface area (Å²) < 4.78 is 5.32. The third-order valence-corrected chi connectivity index (χ3v) is 3.14. The van der Waals surface area contributed by atoms with Crippen molar-refractivity contribution in [3.63, 3.8) is 0 Å². The van der Waals surface area contributed by atoms with Gasteiger partial charge in [0.15, 0.2) is 0 Å². The lowest BCUT2D eigenvalue weighted by atomic mass is 10.2. The van der Waals surface area contributed by atoms with Gasteiger partial charge in [0, 0.05) is 25.3 Å². The molecule has 1 aliphatic rings. The quantitative estimate of drug-likeness (QED) is 0.843. The van der Waals surface area contributed by atoms with Crippen molar-refractivity contribution in [3.8, 4) is 0 Å². The molecule has 1 heterocycles. The summed E-state index contributed by atoms with van der Waals surface area (Å²) in [6.45, 7) is 6.16. The highest BCUT2D eigenvalue weighted by Crippen LogP contribution is 2.12. The number of ether oxygens (including phenoxy) is 1. The van der Waals surface area contributed by atoms with Crippen LogP contribution in [0.5, 0.6) is 0 Å². The Kier molecular flexibility index (Phi) is 4.90. The Bertz CT molecular complexity index is 411. The molecule has 1 aliphatic heterocycles. The van der Waals surface area contributed by atoms with Crippen molar-refractivity contribution < 1.29 is 9.53 Å². The van der Waals surface area contributed by atoms with Gasteiger partial charge in [0.2, 0.25) is 5.91 Å². The van der Waals surface area contributed by atoms with Crippen molar-refractivity contribution in [3.05, 3.63) is 29.8 Å². The van der Waals surface area contributed by atoms with E-state index in [-0.39, 0.29) is 5.91 Å². The lowest BCUT2D eigenvalue weighted by molar-refractivity contribution is -0.117. The number of nitrogens with one attached hydrogen (secondary N) is 1. The van der Waals surface area contributed by atoms with Crippen molar-refractivity contribution in [2.75, 3.05) is 31.6 Å². The van der Waals surface area contributed by atoms with Gasteiger partial charge in [0.05, 0.1) is 19.3 Å². The molecule has 3 N–H and O–H groups in total. The van der Waals surface area contributed by atoms with Gasteiger partial charge in [-0.3, -0.25) is 9.69 Å². The first-order valence-corrected chi connectivity index (χ1v) is 6.60. The maximum atomic E-state index is 11.5. The Hall–Kier alpha value is -1.43. The van der Waals surface area contributed by atoms with Gasteiger partial charge in [-0.25, -0.2) is 0 Å². The number of nitrogens with two attached hydrogens (primary N) is 1. The summed E-state index contributed by atoms with van der Waals surface area (Å²) in [5, 5.41) is 2.77. The van der Waals surface area contributed by atoms with E-state index in [9.17, 15) is 4.79 Å². The van der Waals surface area contributed by atoms with Crippen LogP contribution in [0.25, 0.3) is 0 Å². The lowest BCUT2D eigenvalue weighted by Gasteiger charge is -2.26. The molecule has 0 saturated carbocycles. The molecule has 104 valence electrons. The first-order valence-electron chi connectivity index (χ1n) is 6.60. The number of rotatable bonds is 4. The minimum atomic E-state index is -0.493. The maximum absolute atomic E-state index is 11.5. The fourth-order valence-electron chi connectivity index (χ4n) is 1.97. The van der Waals surface area contributed by atoms with E-state index in [1.807, 2.05) is 24.3 Å². The van der Waals surface area contributed by atoms with E-state index >= 15 is 0 Å². The minimum Gasteiger partial charge on any atom is -0.379 e. The molecule has 0 radical (unpaired) electrons. The third-order valence-electron chi connectivity index (χ3n) is 3.14. The largest absolute Gasteiger partial charge is 0.379 e. The molecule has 1 aromatic rings. The normalized spacial score (nSPS) is 18.0. The van der Waals surface area contributed by atoms with Gasteiger partial charge >= 0.3 is 0 Å². The summed E-state index contributed by atoms with van der Waals surface area (Å²) in [7, 11) is 0. The summed E-state index contributed by atoms with van der Waals surface area (Å²) in [6.07, 6.45) is 0. The number of nitrogens with zero attached hydrogens (tertiary/aromatic N) is 1. The second-order valence-electron chi connectivity index (χ2n) is 4.86. The van der Waals surface area contributed by atoms with Crippen LogP contribution in [0, 0.1) is 0 Å². The van der Waals surface area contributed by atoms with E-state index in [1.165, 1.54) is 5.56 Å². The zero-order valence-electron chi connectivity index (χ0n) is 11.3. The zero-order valence-corrected chi connectivity index (χ0v) is 11.3. The monoisotopic (exact) mass is 263 g/mol. The van der Waals surface area contributed by atoms with E-state index in [1.54, 1.807) is 6.92 Å². The Morgan fingerprint density at radius 3 is 2.58 bits per heavy atom. The van der Waals surface area contributed by atoms with Gasteiger partial charge in [0.25, 0.3) is 0 Å². The molecule has 0 aromatic heterocycles. The fourth-order valence-corrected chi connectivity index (χ4v) is 1.97. The highest BCUT2D eigenvalue weighted by atomic mass is 16.5. The summed E-state index contributed by atoms with van der Waals surface area (Å²) in [6, 6.07) is 7.40. The van der Waals surface area contributed by atoms with Crippen LogP contribution in [0.4, 0.5) is 5.69 Å². The molecule has 5 nitrogen and oxygen atoms in total. The van der Waals surface area contributed by atoms with Crippen LogP contribution in [0.2, 0.25) is 0 Å². The van der Waals surface area contributed by atoms with Crippen LogP contribution in [-0.2, 0) is 16.1 Å². The summed E-state index contributed by atoms with van der Waals surface area (Å²) in [4.78, 5) is 13.8. The first-order chi connectivity index (χ1) is 9.15. The van der Waals surface area contributed by atoms with Gasteiger partial charge in [-0.15, -0.1) is 0 Å². The third kappa shape index (κ3) is 4.31. The number of amides is 1. The standard InChI is InChI=1S/C14H21N3O2/c1-11(15)14(18)16-13-4-2-12(3-5-13)10-17-6-8-19-9-7-17/h2-5,11H,6-10,15H2,1H3,(H,16,18). The van der Waals surface area contributed by atoms with Gasteiger partial charge < -0.3 is 15.8 Å². The van der Waals surface area contributed by atoms with Crippen LogP contribution in [-0.4, -0.2) is 43.2 Å². The van der Waals surface area contributed by atoms with E-state index in [0.717, 1.165) is 38.5 Å². The second kappa shape index (κ2) is 6.65. The van der Waals surface area contributed by atoms with E-state index in [0.29, 0.717) is 0 Å². The van der Waals surface area contributed by atoms with Gasteiger partial charge in [-0.1, -0.05) is 12.1 Å². The number of carbonyl (C=O) groups is 1. The van der Waals surface area contributed by atoms with Crippen LogP contribution < -0.4 is 11.1 Å². The summed E-state index contributed by atoms with van der Waals surface area (Å²) in [5.74, 6) is -0.166. The number of hydrogen-bond acceptors (Lipinski definition) is 4. The van der Waals surface area contributed by atoms with Crippen molar-refractivity contribution in [1.82, 2.24) is 4.90 Å². The molecule has 1 amide bonds. The summed E-state index contributed by atoms with van der Waals surface area (Å²) >= 11 is 0. The molecule has 5 heteroatoms. The predicted molar refractivity (Wildman–Crippen MR) is 74.8 cm³/mol. The van der Waals surface area contributed by atoms with Crippen molar-refractivity contribution in [2.24, 2.45) is 5.73 Å². The molecule has 0 bridgehead atoms. The van der Waals surface area contributed by atoms with Crippen molar-refractivity contribution in [2.45, 2.75) is 19.5 Å². The molecular formula is C14H21N3O2. The number of carbonyl (C=O) groups excluding carboxylic acids is 1. The van der Waals surface area contributed by atoms with Crippen LogP contribution >= 0.6 is 0 Å². The molecule has 2 rings (SSSR count). The first kappa shape index (κ1) is 14.0. The van der Waals surface area contributed by atoms with Crippen LogP contribution in [0.1, 0.15) is 12.5 Å². The Morgan fingerprint density at radius 2 is 2.00 bits per heavy atom. The molecular weight excluding hydrogens is 242 g/mol. The maximum Gasteiger partial charge on any atom is 0.240 e. The summed E-state index contributed by atoms with van der Waals surface area (Å²) in [5.41, 5.74) is 7.53. The van der Waals surface area contributed by atoms with E-state index in [4.69, 9.17) is 10.5 Å². The highest BCUT2D eigenvalue weighted by Gasteiger charge is 2.11. The van der Waals surface area contributed by atoms with E-state index < -0.39 is 6.04 Å². The molecule has 1 atom stereocenters. The highest BCUT2D eigenvalue weighted by molar-refractivity contribution is 5.94. The molecule has 1 aromatic carbocycles. The Morgan fingerprint density at radius 1 is 1.37 bits per heavy atom. The number of morpholine rings is 1. The predicted octanol–water partition coefficient (Wildman–Crippen LogP) is 0.804. The molecule has 0 aliphatic carbocycles. The zero-order chi connectivity index (χ0) is 13.7. The lowest BCUT2D eigenvalue weighted by Crippen LogP contribution is -2.35. The second-order valence-corrected chi connectivity index (χ2v) is 4.86. The Labute approximate surface area is 113 Å². The molecule has 1 unspecified atom stereocenters. The van der Waals surface area contributed by atoms with Crippen LogP contribution in [0.15, 0.2) is 24.3 Å². The minimum absolute atomic E-state index is 0.166. The topological polar surface area (TPSA) is 67.6 Å². The SMILES string of the molecule is CC(N)C(=O)Nc1ccc(CN2CCOCC2)cc1. The molecule has 1 saturated heterocycles. The number of anilines is 1. The Balaban J connectivity index is 1.88. The van der Waals surface area contributed by atoms with Gasteiger partial charge in [-0.05, 0) is 24.6 Å². The van der Waals surface area contributed by atoms with Crippen molar-refractivity contribution >= 4 is 11.6 Å². The fraction of sp³-hybridized carbons (Fsp3) is 0.500. The molecule has 0 spiro atoms. The van der Waals surface area contributed by atoms with E-state index in [2.05, 4.69) is 10.2 Å². The van der Waals surface area contributed by atoms with Gasteiger partial charge in [0.1, 0.15) is 0 Å². The van der Waals surface area contributed by atoms with Crippen molar-refractivity contribution in [1.29, 1.82) is 0 Å². The average molecular weight is 263 g/mol. The molecule has 1 fully saturated rings. The molecule has 19 heavy (non-hydrogen) atoms. The average Bonchev–Trinajstić information content (AvgIpc) is 2.42. The number of benzene rings is 1. The number of hydrogen-bond donors (Lipinski definition) is 2. The smallest absolute Gasteiger partial charge is 0.240 e. The van der Waals surface area contributed by atoms with Gasteiger partial charge in [-0.2, -0.15) is 0 Å².